The molecule has 4 heteroatoms. The zero-order valence-electron chi connectivity index (χ0n) is 6.46. The smallest absolute Gasteiger partial charge is 0.173 e. The first-order chi connectivity index (χ1) is 5.16. The summed E-state index contributed by atoms with van der Waals surface area (Å²) in [5, 5.41) is 2.65. The molecule has 11 heavy (non-hydrogen) atoms. The molecule has 0 aromatic heterocycles. The first-order valence-corrected chi connectivity index (χ1v) is 3.66. The standard InChI is InChI=1S/C7H12N2O2/c1-9-6-5(10)3-2-4(8)7(6)11/h4,6,9H,2-3,8H2,1H3. The van der Waals surface area contributed by atoms with Crippen LogP contribution in [0.4, 0.5) is 0 Å². The predicted molar refractivity (Wildman–Crippen MR) is 40.1 cm³/mol. The Bertz CT molecular complexity index is 191. The summed E-state index contributed by atoms with van der Waals surface area (Å²) in [6, 6.07) is -1.11. The van der Waals surface area contributed by atoms with Crippen molar-refractivity contribution in [1.29, 1.82) is 0 Å². The molecule has 0 radical (unpaired) electrons. The molecule has 0 aliphatic heterocycles. The second-order valence-electron chi connectivity index (χ2n) is 2.74. The maximum atomic E-state index is 11.2. The molecule has 0 spiro atoms. The topological polar surface area (TPSA) is 72.2 Å². The largest absolute Gasteiger partial charge is 0.321 e. The molecule has 0 aromatic carbocycles. The molecule has 2 unspecified atom stereocenters. The van der Waals surface area contributed by atoms with Gasteiger partial charge in [0.15, 0.2) is 11.6 Å². The summed E-state index contributed by atoms with van der Waals surface area (Å²) < 4.78 is 0. The lowest BCUT2D eigenvalue weighted by atomic mass is 9.89. The number of nitrogens with two attached hydrogens (primary N) is 1. The van der Waals surface area contributed by atoms with Crippen molar-refractivity contribution in [2.45, 2.75) is 24.9 Å². The van der Waals surface area contributed by atoms with Crippen LogP contribution in [0.1, 0.15) is 12.8 Å². The monoisotopic (exact) mass is 156 g/mol. The van der Waals surface area contributed by atoms with E-state index >= 15 is 0 Å². The summed E-state index contributed by atoms with van der Waals surface area (Å²) in [6.45, 7) is 0. The number of rotatable bonds is 1. The number of likely N-dealkylation sites (N-methyl/N-ethyl adjacent to an activating group) is 1. The SMILES string of the molecule is CNC1C(=O)CCC(N)C1=O. The summed E-state index contributed by atoms with van der Waals surface area (Å²) in [4.78, 5) is 22.2. The zero-order chi connectivity index (χ0) is 8.43. The summed E-state index contributed by atoms with van der Waals surface area (Å²) in [7, 11) is 1.60. The molecule has 1 aliphatic rings. The molecule has 0 saturated heterocycles. The zero-order valence-corrected chi connectivity index (χ0v) is 6.46. The van der Waals surface area contributed by atoms with Gasteiger partial charge in [0.2, 0.25) is 0 Å². The number of Topliss-reactive ketones (excluding diaryl/α,β-unsaturated/α-hetero) is 2. The number of carbonyl (C=O) groups is 2. The van der Waals surface area contributed by atoms with Crippen LogP contribution in [0, 0.1) is 0 Å². The van der Waals surface area contributed by atoms with E-state index in [0.717, 1.165) is 0 Å². The highest BCUT2D eigenvalue weighted by Gasteiger charge is 2.33. The van der Waals surface area contributed by atoms with Crippen molar-refractivity contribution in [2.75, 3.05) is 7.05 Å². The van der Waals surface area contributed by atoms with E-state index in [-0.39, 0.29) is 11.6 Å². The van der Waals surface area contributed by atoms with Crippen molar-refractivity contribution in [1.82, 2.24) is 5.32 Å². The Labute approximate surface area is 65.1 Å². The Hall–Kier alpha value is -0.740. The maximum absolute atomic E-state index is 11.2. The van der Waals surface area contributed by atoms with Crippen molar-refractivity contribution < 1.29 is 9.59 Å². The minimum absolute atomic E-state index is 0.0424. The molecule has 0 aromatic rings. The third-order valence-corrected chi connectivity index (χ3v) is 1.96. The van der Waals surface area contributed by atoms with Gasteiger partial charge in [0.25, 0.3) is 0 Å². The van der Waals surface area contributed by atoms with Gasteiger partial charge in [-0.15, -0.1) is 0 Å². The molecule has 1 rings (SSSR count). The fourth-order valence-electron chi connectivity index (χ4n) is 1.26. The average molecular weight is 156 g/mol. The molecule has 1 saturated carbocycles. The molecule has 4 nitrogen and oxygen atoms in total. The summed E-state index contributed by atoms with van der Waals surface area (Å²) in [6.07, 6.45) is 0.911. The van der Waals surface area contributed by atoms with Crippen molar-refractivity contribution in [3.05, 3.63) is 0 Å². The Morgan fingerprint density at radius 3 is 2.64 bits per heavy atom. The van der Waals surface area contributed by atoms with E-state index in [2.05, 4.69) is 5.32 Å². The van der Waals surface area contributed by atoms with Gasteiger partial charge in [-0.25, -0.2) is 0 Å². The Kier molecular flexibility index (Phi) is 2.36. The van der Waals surface area contributed by atoms with Crippen molar-refractivity contribution in [2.24, 2.45) is 5.73 Å². The first kappa shape index (κ1) is 8.36. The van der Waals surface area contributed by atoms with E-state index in [9.17, 15) is 9.59 Å². The van der Waals surface area contributed by atoms with Crippen molar-refractivity contribution >= 4 is 11.6 Å². The van der Waals surface area contributed by atoms with Crippen molar-refractivity contribution in [3.8, 4) is 0 Å². The Morgan fingerprint density at radius 1 is 1.55 bits per heavy atom. The Balaban J connectivity index is 2.71. The van der Waals surface area contributed by atoms with Crippen LogP contribution in [-0.4, -0.2) is 30.7 Å². The van der Waals surface area contributed by atoms with Gasteiger partial charge in [0.1, 0.15) is 6.04 Å². The van der Waals surface area contributed by atoms with Gasteiger partial charge in [-0.1, -0.05) is 0 Å². The Morgan fingerprint density at radius 2 is 2.18 bits per heavy atom. The van der Waals surface area contributed by atoms with Crippen molar-refractivity contribution in [3.63, 3.8) is 0 Å². The highest BCUT2D eigenvalue weighted by atomic mass is 16.2. The van der Waals surface area contributed by atoms with Crippen LogP contribution in [0.3, 0.4) is 0 Å². The molecule has 0 bridgehead atoms. The fourth-order valence-corrected chi connectivity index (χ4v) is 1.26. The van der Waals surface area contributed by atoms with Crippen LogP contribution in [0.15, 0.2) is 0 Å². The van der Waals surface area contributed by atoms with Crippen LogP contribution < -0.4 is 11.1 Å². The van der Waals surface area contributed by atoms with E-state index in [0.29, 0.717) is 12.8 Å². The van der Waals surface area contributed by atoms with Crippen LogP contribution in [0.2, 0.25) is 0 Å². The number of nitrogens with one attached hydrogen (secondary N) is 1. The summed E-state index contributed by atoms with van der Waals surface area (Å²) in [5.74, 6) is -0.219. The van der Waals surface area contributed by atoms with Gasteiger partial charge in [-0.2, -0.15) is 0 Å². The molecule has 62 valence electrons. The second-order valence-corrected chi connectivity index (χ2v) is 2.74. The molecular weight excluding hydrogens is 144 g/mol. The molecular formula is C7H12N2O2. The molecule has 2 atom stereocenters. The third kappa shape index (κ3) is 1.46. The number of carbonyl (C=O) groups excluding carboxylic acids is 2. The van der Waals surface area contributed by atoms with Gasteiger partial charge >= 0.3 is 0 Å². The minimum Gasteiger partial charge on any atom is -0.321 e. The van der Waals surface area contributed by atoms with Crippen LogP contribution >= 0.6 is 0 Å². The van der Waals surface area contributed by atoms with E-state index < -0.39 is 12.1 Å². The van der Waals surface area contributed by atoms with E-state index in [1.165, 1.54) is 0 Å². The molecule has 1 fully saturated rings. The minimum atomic E-state index is -0.654. The number of hydrogen-bond acceptors (Lipinski definition) is 4. The van der Waals surface area contributed by atoms with Crippen LogP contribution in [-0.2, 0) is 9.59 Å². The lowest BCUT2D eigenvalue weighted by Crippen LogP contribution is -2.53. The normalized spacial score (nSPS) is 32.5. The third-order valence-electron chi connectivity index (χ3n) is 1.96. The molecule has 0 amide bonds. The number of hydrogen-bond donors (Lipinski definition) is 2. The maximum Gasteiger partial charge on any atom is 0.173 e. The highest BCUT2D eigenvalue weighted by molar-refractivity contribution is 6.10. The van der Waals surface area contributed by atoms with Crippen LogP contribution in [0.25, 0.3) is 0 Å². The molecule has 1 aliphatic carbocycles. The average Bonchev–Trinajstić information content (AvgIpc) is 1.99. The highest BCUT2D eigenvalue weighted by Crippen LogP contribution is 2.09. The molecule has 3 N–H and O–H groups in total. The van der Waals surface area contributed by atoms with Gasteiger partial charge in [-0.05, 0) is 13.5 Å². The first-order valence-electron chi connectivity index (χ1n) is 3.66. The van der Waals surface area contributed by atoms with Gasteiger partial charge in [-0.3, -0.25) is 9.59 Å². The number of ketones is 2. The van der Waals surface area contributed by atoms with Gasteiger partial charge < -0.3 is 11.1 Å². The molecule has 0 heterocycles. The van der Waals surface area contributed by atoms with Crippen LogP contribution in [0.5, 0.6) is 0 Å². The summed E-state index contributed by atoms with van der Waals surface area (Å²) in [5.41, 5.74) is 5.46. The quantitative estimate of drug-likeness (QED) is 0.469. The van der Waals surface area contributed by atoms with E-state index in [1.54, 1.807) is 7.05 Å². The second kappa shape index (κ2) is 3.11. The van der Waals surface area contributed by atoms with E-state index in [1.807, 2.05) is 0 Å². The van der Waals surface area contributed by atoms with Gasteiger partial charge in [0.05, 0.1) is 6.04 Å². The van der Waals surface area contributed by atoms with Gasteiger partial charge in [0, 0.05) is 6.42 Å². The lowest BCUT2D eigenvalue weighted by molar-refractivity contribution is -0.133. The summed E-state index contributed by atoms with van der Waals surface area (Å²) >= 11 is 0. The lowest BCUT2D eigenvalue weighted by Gasteiger charge is -2.23. The van der Waals surface area contributed by atoms with E-state index in [4.69, 9.17) is 5.73 Å². The fraction of sp³-hybridized carbons (Fsp3) is 0.714. The predicted octanol–water partition coefficient (Wildman–Crippen LogP) is -1.17.